The molecular formula is C13H18N4. The van der Waals surface area contributed by atoms with E-state index in [0.29, 0.717) is 0 Å². The smallest absolute Gasteiger partial charge is 0.153 e. The predicted octanol–water partition coefficient (Wildman–Crippen LogP) is 1.86. The molecule has 4 nitrogen and oxygen atoms in total. The summed E-state index contributed by atoms with van der Waals surface area (Å²) in [4.78, 5) is 4.59. The van der Waals surface area contributed by atoms with Crippen molar-refractivity contribution >= 4 is 0 Å². The molecule has 1 N–H and O–H groups in total. The van der Waals surface area contributed by atoms with Gasteiger partial charge in [0.2, 0.25) is 0 Å². The fourth-order valence-corrected chi connectivity index (χ4v) is 1.78. The lowest BCUT2D eigenvalue weighted by Gasteiger charge is -2.07. The summed E-state index contributed by atoms with van der Waals surface area (Å²) in [7, 11) is 1.95. The molecule has 0 bridgehead atoms. The van der Waals surface area contributed by atoms with Gasteiger partial charge in [0.05, 0.1) is 5.69 Å². The molecule has 2 rings (SSSR count). The number of hydrogen-bond acceptors (Lipinski definition) is 3. The maximum absolute atomic E-state index is 4.59. The SMILES string of the molecule is CCc1cc(CNC)cc(-n2ccc(C)n2)n1. The zero-order valence-corrected chi connectivity index (χ0v) is 10.6. The monoisotopic (exact) mass is 230 g/mol. The summed E-state index contributed by atoms with van der Waals surface area (Å²) in [5.41, 5.74) is 3.34. The highest BCUT2D eigenvalue weighted by Crippen LogP contribution is 2.11. The van der Waals surface area contributed by atoms with E-state index in [0.717, 1.165) is 30.2 Å². The van der Waals surface area contributed by atoms with Gasteiger partial charge >= 0.3 is 0 Å². The number of rotatable bonds is 4. The molecule has 4 heteroatoms. The van der Waals surface area contributed by atoms with Crippen molar-refractivity contribution in [2.24, 2.45) is 0 Å². The van der Waals surface area contributed by atoms with Crippen LogP contribution in [-0.2, 0) is 13.0 Å². The number of aromatic nitrogens is 3. The molecule has 2 heterocycles. The first-order valence-corrected chi connectivity index (χ1v) is 5.90. The van der Waals surface area contributed by atoms with Crippen LogP contribution in [0.3, 0.4) is 0 Å². The van der Waals surface area contributed by atoms with Gasteiger partial charge in [0.1, 0.15) is 0 Å². The average molecular weight is 230 g/mol. The fraction of sp³-hybridized carbons (Fsp3) is 0.385. The molecule has 2 aromatic rings. The Hall–Kier alpha value is -1.68. The topological polar surface area (TPSA) is 42.7 Å². The summed E-state index contributed by atoms with van der Waals surface area (Å²) in [5, 5.41) is 7.55. The van der Waals surface area contributed by atoms with Crippen LogP contribution in [0.25, 0.3) is 5.82 Å². The molecule has 0 aliphatic rings. The average Bonchev–Trinajstić information content (AvgIpc) is 2.76. The van der Waals surface area contributed by atoms with E-state index in [4.69, 9.17) is 0 Å². The minimum absolute atomic E-state index is 0.850. The summed E-state index contributed by atoms with van der Waals surface area (Å²) in [6, 6.07) is 6.19. The van der Waals surface area contributed by atoms with Crippen LogP contribution in [0.1, 0.15) is 23.9 Å². The second kappa shape index (κ2) is 5.10. The van der Waals surface area contributed by atoms with E-state index in [9.17, 15) is 0 Å². The minimum atomic E-state index is 0.850. The Morgan fingerprint density at radius 2 is 2.18 bits per heavy atom. The number of nitrogens with zero attached hydrogens (tertiary/aromatic N) is 3. The van der Waals surface area contributed by atoms with E-state index in [2.05, 4.69) is 34.5 Å². The van der Waals surface area contributed by atoms with Crippen LogP contribution in [0, 0.1) is 6.92 Å². The molecule has 0 fully saturated rings. The zero-order valence-electron chi connectivity index (χ0n) is 10.6. The summed E-state index contributed by atoms with van der Waals surface area (Å²) in [6.07, 6.45) is 2.88. The van der Waals surface area contributed by atoms with Crippen molar-refractivity contribution < 1.29 is 0 Å². The van der Waals surface area contributed by atoms with Crippen molar-refractivity contribution in [1.29, 1.82) is 0 Å². The highest BCUT2D eigenvalue weighted by atomic mass is 15.3. The number of aryl methyl sites for hydroxylation is 2. The van der Waals surface area contributed by atoms with Crippen LogP contribution < -0.4 is 5.32 Å². The second-order valence-corrected chi connectivity index (χ2v) is 4.11. The van der Waals surface area contributed by atoms with Crippen molar-refractivity contribution in [1.82, 2.24) is 20.1 Å². The van der Waals surface area contributed by atoms with E-state index in [1.54, 1.807) is 0 Å². The molecule has 0 unspecified atom stereocenters. The summed E-state index contributed by atoms with van der Waals surface area (Å²) >= 11 is 0. The third-order valence-corrected chi connectivity index (χ3v) is 2.62. The fourth-order valence-electron chi connectivity index (χ4n) is 1.78. The molecule has 0 aliphatic carbocycles. The Balaban J connectivity index is 2.42. The first-order valence-electron chi connectivity index (χ1n) is 5.90. The minimum Gasteiger partial charge on any atom is -0.316 e. The van der Waals surface area contributed by atoms with Crippen molar-refractivity contribution in [3.8, 4) is 5.82 Å². The lowest BCUT2D eigenvalue weighted by molar-refractivity contribution is 0.787. The first kappa shape index (κ1) is 11.8. The van der Waals surface area contributed by atoms with Crippen LogP contribution in [0.5, 0.6) is 0 Å². The molecule has 0 radical (unpaired) electrons. The van der Waals surface area contributed by atoms with E-state index in [-0.39, 0.29) is 0 Å². The lowest BCUT2D eigenvalue weighted by atomic mass is 10.2. The van der Waals surface area contributed by atoms with Gasteiger partial charge in [-0.2, -0.15) is 5.10 Å². The van der Waals surface area contributed by atoms with Gasteiger partial charge in [0.15, 0.2) is 5.82 Å². The first-order chi connectivity index (χ1) is 8.22. The quantitative estimate of drug-likeness (QED) is 0.871. The van der Waals surface area contributed by atoms with E-state index >= 15 is 0 Å². The molecule has 0 amide bonds. The van der Waals surface area contributed by atoms with E-state index < -0.39 is 0 Å². The van der Waals surface area contributed by atoms with Crippen molar-refractivity contribution in [3.05, 3.63) is 41.3 Å². The zero-order chi connectivity index (χ0) is 12.3. The maximum Gasteiger partial charge on any atom is 0.153 e. The van der Waals surface area contributed by atoms with Crippen LogP contribution in [0.15, 0.2) is 24.4 Å². The summed E-state index contributed by atoms with van der Waals surface area (Å²) in [6.45, 7) is 4.95. The molecule has 90 valence electrons. The van der Waals surface area contributed by atoms with Gasteiger partial charge in [-0.25, -0.2) is 9.67 Å². The Labute approximate surface area is 102 Å². The van der Waals surface area contributed by atoms with E-state index in [1.807, 2.05) is 30.9 Å². The standard InChI is InChI=1S/C13H18N4/c1-4-12-7-11(9-14-3)8-13(15-12)17-6-5-10(2)16-17/h5-8,14H,4,9H2,1-3H3. The maximum atomic E-state index is 4.59. The van der Waals surface area contributed by atoms with Crippen LogP contribution in [-0.4, -0.2) is 21.8 Å². The second-order valence-electron chi connectivity index (χ2n) is 4.11. The molecular weight excluding hydrogens is 212 g/mol. The van der Waals surface area contributed by atoms with Crippen molar-refractivity contribution in [3.63, 3.8) is 0 Å². The number of hydrogen-bond donors (Lipinski definition) is 1. The Morgan fingerprint density at radius 3 is 2.76 bits per heavy atom. The molecule has 2 aromatic heterocycles. The van der Waals surface area contributed by atoms with Gasteiger partial charge in [-0.1, -0.05) is 6.92 Å². The van der Waals surface area contributed by atoms with Crippen LogP contribution in [0.2, 0.25) is 0 Å². The third-order valence-electron chi connectivity index (χ3n) is 2.62. The van der Waals surface area contributed by atoms with Gasteiger partial charge in [-0.3, -0.25) is 0 Å². The summed E-state index contributed by atoms with van der Waals surface area (Å²) < 4.78 is 1.83. The Morgan fingerprint density at radius 1 is 1.35 bits per heavy atom. The number of nitrogens with one attached hydrogen (secondary N) is 1. The van der Waals surface area contributed by atoms with Gasteiger partial charge in [-0.05, 0) is 44.2 Å². The Bertz CT molecular complexity index is 502. The largest absolute Gasteiger partial charge is 0.316 e. The summed E-state index contributed by atoms with van der Waals surface area (Å²) in [5.74, 6) is 0.891. The Kier molecular flexibility index (Phi) is 3.54. The molecule has 17 heavy (non-hydrogen) atoms. The van der Waals surface area contributed by atoms with Crippen LogP contribution >= 0.6 is 0 Å². The molecule has 0 atom stereocenters. The van der Waals surface area contributed by atoms with Gasteiger partial charge in [-0.15, -0.1) is 0 Å². The van der Waals surface area contributed by atoms with Gasteiger partial charge in [0.25, 0.3) is 0 Å². The van der Waals surface area contributed by atoms with Gasteiger partial charge < -0.3 is 5.32 Å². The number of pyridine rings is 1. The normalized spacial score (nSPS) is 10.8. The highest BCUT2D eigenvalue weighted by Gasteiger charge is 2.04. The van der Waals surface area contributed by atoms with Crippen molar-refractivity contribution in [2.45, 2.75) is 26.8 Å². The molecule has 0 spiro atoms. The van der Waals surface area contributed by atoms with Crippen molar-refractivity contribution in [2.75, 3.05) is 7.05 Å². The predicted molar refractivity (Wildman–Crippen MR) is 68.2 cm³/mol. The highest BCUT2D eigenvalue weighted by molar-refractivity contribution is 5.30. The molecule has 0 aliphatic heterocycles. The lowest BCUT2D eigenvalue weighted by Crippen LogP contribution is -2.08. The third kappa shape index (κ3) is 2.71. The van der Waals surface area contributed by atoms with Gasteiger partial charge in [0, 0.05) is 18.4 Å². The molecule has 0 aromatic carbocycles. The molecule has 0 saturated heterocycles. The molecule has 0 saturated carbocycles. The van der Waals surface area contributed by atoms with Crippen LogP contribution in [0.4, 0.5) is 0 Å². The van der Waals surface area contributed by atoms with E-state index in [1.165, 1.54) is 5.56 Å².